The minimum absolute atomic E-state index is 0.276. The molecular weight excluding hydrogens is 371 g/mol. The normalized spacial score (nSPS) is 18.6. The highest BCUT2D eigenvalue weighted by Gasteiger charge is 2.38. The molecule has 2 aromatic carbocycles. The van der Waals surface area contributed by atoms with Crippen LogP contribution in [-0.4, -0.2) is 25.3 Å². The largest absolute Gasteiger partial charge is 0.303 e. The monoisotopic (exact) mass is 394 g/mol. The third-order valence-electron chi connectivity index (χ3n) is 5.97. The van der Waals surface area contributed by atoms with Crippen LogP contribution in [0.1, 0.15) is 36.4 Å². The van der Waals surface area contributed by atoms with Crippen molar-refractivity contribution in [1.29, 1.82) is 0 Å². The Morgan fingerprint density at radius 1 is 1.11 bits per heavy atom. The van der Waals surface area contributed by atoms with Crippen molar-refractivity contribution < 1.29 is 4.39 Å². The number of hydrogen-bond acceptors (Lipinski definition) is 3. The van der Waals surface area contributed by atoms with E-state index in [0.717, 1.165) is 12.8 Å². The Morgan fingerprint density at radius 2 is 1.86 bits per heavy atom. The fourth-order valence-corrected chi connectivity index (χ4v) is 4.55. The molecule has 0 spiro atoms. The fourth-order valence-electron chi connectivity index (χ4n) is 4.37. The fraction of sp³-hybridized carbons (Fsp3) is 0.364. The summed E-state index contributed by atoms with van der Waals surface area (Å²) in [7, 11) is 1.86. The van der Waals surface area contributed by atoms with Crippen molar-refractivity contribution in [2.45, 2.75) is 44.4 Å². The van der Waals surface area contributed by atoms with Gasteiger partial charge < -0.3 is 4.57 Å². The standard InChI is InChI=1S/C22H23FN4S/c1-25-21(18-8-4-5-9-19(18)23)24-27(22(25)28)14-26(16-11-12-16)20-13-10-15-6-2-3-7-17(15)20/h2-9,16,20H,10-14H2,1H3. The average molecular weight is 395 g/mol. The summed E-state index contributed by atoms with van der Waals surface area (Å²) < 4.78 is 18.6. The van der Waals surface area contributed by atoms with Crippen LogP contribution >= 0.6 is 12.2 Å². The minimum atomic E-state index is -0.276. The third-order valence-corrected chi connectivity index (χ3v) is 6.45. The molecule has 1 aromatic heterocycles. The second-order valence-electron chi connectivity index (χ2n) is 7.78. The maximum atomic E-state index is 14.3. The van der Waals surface area contributed by atoms with Crippen molar-refractivity contribution in [3.05, 3.63) is 70.2 Å². The smallest absolute Gasteiger partial charge is 0.199 e. The van der Waals surface area contributed by atoms with Crippen molar-refractivity contribution in [3.8, 4) is 11.4 Å². The molecule has 6 heteroatoms. The lowest BCUT2D eigenvalue weighted by Crippen LogP contribution is -2.32. The molecule has 4 nitrogen and oxygen atoms in total. The quantitative estimate of drug-likeness (QED) is 0.578. The van der Waals surface area contributed by atoms with Gasteiger partial charge in [0.1, 0.15) is 5.82 Å². The summed E-state index contributed by atoms with van der Waals surface area (Å²) in [6.07, 6.45) is 4.70. The topological polar surface area (TPSA) is 26.0 Å². The van der Waals surface area contributed by atoms with Crippen LogP contribution < -0.4 is 0 Å². The first-order valence-corrected chi connectivity index (χ1v) is 10.3. The van der Waals surface area contributed by atoms with Crippen LogP contribution in [0.15, 0.2) is 48.5 Å². The van der Waals surface area contributed by atoms with E-state index < -0.39 is 0 Å². The molecular formula is C22H23FN4S. The van der Waals surface area contributed by atoms with Gasteiger partial charge in [-0.15, -0.1) is 0 Å². The van der Waals surface area contributed by atoms with E-state index in [2.05, 4.69) is 29.2 Å². The SMILES string of the molecule is Cn1c(-c2ccccc2F)nn(CN(C2CC2)C2CCc3ccccc32)c1=S. The van der Waals surface area contributed by atoms with E-state index in [1.54, 1.807) is 16.7 Å². The van der Waals surface area contributed by atoms with Crippen LogP contribution in [0.5, 0.6) is 0 Å². The zero-order chi connectivity index (χ0) is 19.3. The highest BCUT2D eigenvalue weighted by molar-refractivity contribution is 7.71. The summed E-state index contributed by atoms with van der Waals surface area (Å²) in [5, 5.41) is 4.71. The molecule has 2 aliphatic rings. The molecule has 3 aromatic rings. The molecule has 28 heavy (non-hydrogen) atoms. The van der Waals surface area contributed by atoms with Crippen LogP contribution in [0, 0.1) is 10.6 Å². The van der Waals surface area contributed by atoms with Gasteiger partial charge in [0.15, 0.2) is 10.6 Å². The zero-order valence-electron chi connectivity index (χ0n) is 15.9. The van der Waals surface area contributed by atoms with Gasteiger partial charge >= 0.3 is 0 Å². The van der Waals surface area contributed by atoms with Crippen molar-refractivity contribution in [1.82, 2.24) is 19.2 Å². The van der Waals surface area contributed by atoms with Crippen LogP contribution in [0.25, 0.3) is 11.4 Å². The summed E-state index contributed by atoms with van der Waals surface area (Å²) in [5.41, 5.74) is 3.38. The van der Waals surface area contributed by atoms with Gasteiger partial charge in [-0.1, -0.05) is 36.4 Å². The van der Waals surface area contributed by atoms with E-state index in [1.807, 2.05) is 17.8 Å². The van der Waals surface area contributed by atoms with Crippen LogP contribution in [0.2, 0.25) is 0 Å². The lowest BCUT2D eigenvalue weighted by Gasteiger charge is -2.29. The first-order valence-electron chi connectivity index (χ1n) is 9.86. The minimum Gasteiger partial charge on any atom is -0.303 e. The molecule has 0 amide bonds. The second-order valence-corrected chi connectivity index (χ2v) is 8.15. The highest BCUT2D eigenvalue weighted by Crippen LogP contribution is 2.42. The molecule has 2 aliphatic carbocycles. The van der Waals surface area contributed by atoms with Gasteiger partial charge in [0.2, 0.25) is 0 Å². The highest BCUT2D eigenvalue weighted by atomic mass is 32.1. The van der Waals surface area contributed by atoms with Gasteiger partial charge in [-0.25, -0.2) is 9.07 Å². The molecule has 0 aliphatic heterocycles. The number of hydrogen-bond donors (Lipinski definition) is 0. The van der Waals surface area contributed by atoms with Gasteiger partial charge in [-0.05, 0) is 61.2 Å². The number of fused-ring (bicyclic) bond motifs is 1. The average Bonchev–Trinajstić information content (AvgIpc) is 3.41. The number of rotatable bonds is 5. The van der Waals surface area contributed by atoms with Gasteiger partial charge in [0.25, 0.3) is 0 Å². The molecule has 0 N–H and O–H groups in total. The maximum Gasteiger partial charge on any atom is 0.199 e. The maximum absolute atomic E-state index is 14.3. The molecule has 1 saturated carbocycles. The lowest BCUT2D eigenvalue weighted by atomic mass is 10.1. The van der Waals surface area contributed by atoms with E-state index in [-0.39, 0.29) is 5.82 Å². The van der Waals surface area contributed by atoms with Gasteiger partial charge in [0.05, 0.1) is 12.2 Å². The molecule has 1 fully saturated rings. The number of aryl methyl sites for hydroxylation is 1. The van der Waals surface area contributed by atoms with Gasteiger partial charge in [0, 0.05) is 19.1 Å². The number of aromatic nitrogens is 3. The van der Waals surface area contributed by atoms with E-state index in [9.17, 15) is 4.39 Å². The molecule has 1 atom stereocenters. The predicted molar refractivity (Wildman–Crippen MR) is 110 cm³/mol. The summed E-state index contributed by atoms with van der Waals surface area (Å²) >= 11 is 5.65. The zero-order valence-corrected chi connectivity index (χ0v) is 16.7. The Hall–Kier alpha value is -2.31. The Bertz CT molecular complexity index is 1080. The third kappa shape index (κ3) is 3.01. The van der Waals surface area contributed by atoms with Crippen molar-refractivity contribution >= 4 is 12.2 Å². The van der Waals surface area contributed by atoms with Crippen molar-refractivity contribution in [2.24, 2.45) is 7.05 Å². The molecule has 1 heterocycles. The Morgan fingerprint density at radius 3 is 2.64 bits per heavy atom. The summed E-state index contributed by atoms with van der Waals surface area (Å²) in [6.45, 7) is 0.644. The van der Waals surface area contributed by atoms with Gasteiger partial charge in [-0.2, -0.15) is 5.10 Å². The molecule has 0 bridgehead atoms. The molecule has 1 unspecified atom stereocenters. The lowest BCUT2D eigenvalue weighted by molar-refractivity contribution is 0.131. The first-order chi connectivity index (χ1) is 13.6. The van der Waals surface area contributed by atoms with E-state index in [4.69, 9.17) is 17.3 Å². The van der Waals surface area contributed by atoms with E-state index >= 15 is 0 Å². The Balaban J connectivity index is 1.49. The van der Waals surface area contributed by atoms with Crippen molar-refractivity contribution in [2.75, 3.05) is 0 Å². The first kappa shape index (κ1) is 17.8. The Kier molecular flexibility index (Phi) is 4.40. The predicted octanol–water partition coefficient (Wildman–Crippen LogP) is 4.87. The molecule has 0 radical (unpaired) electrons. The number of benzene rings is 2. The van der Waals surface area contributed by atoms with Crippen LogP contribution in [0.4, 0.5) is 4.39 Å². The summed E-state index contributed by atoms with van der Waals surface area (Å²) in [6, 6.07) is 16.5. The molecule has 144 valence electrons. The molecule has 5 rings (SSSR count). The van der Waals surface area contributed by atoms with Crippen LogP contribution in [-0.2, 0) is 20.1 Å². The van der Waals surface area contributed by atoms with Gasteiger partial charge in [-0.3, -0.25) is 4.90 Å². The Labute approximate surface area is 169 Å². The number of halogens is 1. The van der Waals surface area contributed by atoms with Crippen molar-refractivity contribution in [3.63, 3.8) is 0 Å². The second kappa shape index (κ2) is 6.94. The molecule has 0 saturated heterocycles. The van der Waals surface area contributed by atoms with E-state index in [1.165, 1.54) is 30.0 Å². The van der Waals surface area contributed by atoms with E-state index in [0.29, 0.717) is 34.9 Å². The van der Waals surface area contributed by atoms with Crippen LogP contribution in [0.3, 0.4) is 0 Å². The summed E-state index contributed by atoms with van der Waals surface area (Å²) in [4.78, 5) is 2.54. The summed E-state index contributed by atoms with van der Waals surface area (Å²) in [5.74, 6) is 0.298. The number of nitrogens with zero attached hydrogens (tertiary/aromatic N) is 4.